The van der Waals surface area contributed by atoms with Gasteiger partial charge < -0.3 is 9.64 Å². The molecule has 1 fully saturated rings. The monoisotopic (exact) mass is 342 g/mol. The summed E-state index contributed by atoms with van der Waals surface area (Å²) >= 11 is 6.04. The number of anilines is 1. The largest absolute Gasteiger partial charge is 0.375 e. The maximum Gasteiger partial charge on any atom is 0.148 e. The van der Waals surface area contributed by atoms with Gasteiger partial charge in [-0.1, -0.05) is 17.7 Å². The summed E-state index contributed by atoms with van der Waals surface area (Å²) < 4.78 is 5.83. The SMILES string of the molecule is N#Cc1c(N2CCC[C@H](COCc3ccccn3)C2)ccnc1Cl. The first-order valence-corrected chi connectivity index (χ1v) is 8.43. The van der Waals surface area contributed by atoms with E-state index in [-0.39, 0.29) is 5.15 Å². The van der Waals surface area contributed by atoms with Crippen molar-refractivity contribution in [3.63, 3.8) is 0 Å². The highest BCUT2D eigenvalue weighted by Gasteiger charge is 2.23. The van der Waals surface area contributed by atoms with Crippen LogP contribution in [0.2, 0.25) is 5.15 Å². The van der Waals surface area contributed by atoms with Crippen LogP contribution in [0.1, 0.15) is 24.1 Å². The maximum absolute atomic E-state index is 9.33. The van der Waals surface area contributed by atoms with Crippen LogP contribution >= 0.6 is 11.6 Å². The second-order valence-corrected chi connectivity index (χ2v) is 6.26. The van der Waals surface area contributed by atoms with Gasteiger partial charge in [-0.05, 0) is 37.0 Å². The van der Waals surface area contributed by atoms with E-state index in [0.29, 0.717) is 24.7 Å². The molecule has 0 amide bonds. The fourth-order valence-corrected chi connectivity index (χ4v) is 3.22. The predicted molar refractivity (Wildman–Crippen MR) is 92.8 cm³/mol. The summed E-state index contributed by atoms with van der Waals surface area (Å²) in [5.74, 6) is 0.431. The molecule has 0 N–H and O–H groups in total. The summed E-state index contributed by atoms with van der Waals surface area (Å²) in [6.07, 6.45) is 5.62. The zero-order valence-electron chi connectivity index (χ0n) is 13.4. The van der Waals surface area contributed by atoms with E-state index in [4.69, 9.17) is 16.3 Å². The van der Waals surface area contributed by atoms with E-state index < -0.39 is 0 Å². The number of halogens is 1. The number of hydrogen-bond donors (Lipinski definition) is 0. The molecular formula is C18H19ClN4O. The van der Waals surface area contributed by atoms with Crippen molar-refractivity contribution in [2.75, 3.05) is 24.6 Å². The number of nitriles is 1. The van der Waals surface area contributed by atoms with Gasteiger partial charge in [-0.3, -0.25) is 4.98 Å². The third kappa shape index (κ3) is 4.02. The molecule has 0 unspecified atom stereocenters. The molecule has 0 radical (unpaired) electrons. The molecule has 0 saturated carbocycles. The van der Waals surface area contributed by atoms with Gasteiger partial charge in [0, 0.05) is 25.5 Å². The Morgan fingerprint density at radius 3 is 3.00 bits per heavy atom. The first-order valence-electron chi connectivity index (χ1n) is 8.05. The zero-order valence-corrected chi connectivity index (χ0v) is 14.1. The van der Waals surface area contributed by atoms with E-state index in [1.165, 1.54) is 0 Å². The van der Waals surface area contributed by atoms with Crippen LogP contribution in [0, 0.1) is 17.2 Å². The van der Waals surface area contributed by atoms with E-state index in [2.05, 4.69) is 20.9 Å². The number of hydrogen-bond acceptors (Lipinski definition) is 5. The number of rotatable bonds is 5. The number of nitrogens with zero attached hydrogens (tertiary/aromatic N) is 4. The van der Waals surface area contributed by atoms with E-state index in [1.807, 2.05) is 24.3 Å². The van der Waals surface area contributed by atoms with Crippen LogP contribution in [0.25, 0.3) is 0 Å². The average molecular weight is 343 g/mol. The molecule has 24 heavy (non-hydrogen) atoms. The first kappa shape index (κ1) is 16.7. The molecule has 1 aliphatic heterocycles. The Balaban J connectivity index is 1.59. The van der Waals surface area contributed by atoms with Crippen LogP contribution in [-0.2, 0) is 11.3 Å². The van der Waals surface area contributed by atoms with Crippen LogP contribution < -0.4 is 4.90 Å². The van der Waals surface area contributed by atoms with Crippen molar-refractivity contribution >= 4 is 17.3 Å². The van der Waals surface area contributed by atoms with Gasteiger partial charge in [0.25, 0.3) is 0 Å². The van der Waals surface area contributed by atoms with E-state index in [0.717, 1.165) is 37.3 Å². The Kier molecular flexibility index (Phi) is 5.63. The van der Waals surface area contributed by atoms with E-state index >= 15 is 0 Å². The minimum atomic E-state index is 0.267. The van der Waals surface area contributed by atoms with Gasteiger partial charge in [0.05, 0.1) is 24.6 Å². The van der Waals surface area contributed by atoms with Crippen LogP contribution in [0.5, 0.6) is 0 Å². The lowest BCUT2D eigenvalue weighted by Gasteiger charge is -2.34. The van der Waals surface area contributed by atoms with Crippen LogP contribution in [0.15, 0.2) is 36.7 Å². The molecule has 2 aromatic rings. The fraction of sp³-hybridized carbons (Fsp3) is 0.389. The predicted octanol–water partition coefficient (Wildman–Crippen LogP) is 3.43. The Hall–Kier alpha value is -2.16. The number of ether oxygens (including phenoxy) is 1. The molecule has 3 heterocycles. The molecule has 1 saturated heterocycles. The van der Waals surface area contributed by atoms with Crippen molar-refractivity contribution in [1.82, 2.24) is 9.97 Å². The van der Waals surface area contributed by atoms with Gasteiger partial charge in [-0.2, -0.15) is 5.26 Å². The molecule has 3 rings (SSSR count). The van der Waals surface area contributed by atoms with Crippen LogP contribution in [-0.4, -0.2) is 29.7 Å². The second-order valence-electron chi connectivity index (χ2n) is 5.90. The van der Waals surface area contributed by atoms with Crippen molar-refractivity contribution in [1.29, 1.82) is 5.26 Å². The van der Waals surface area contributed by atoms with E-state index in [9.17, 15) is 5.26 Å². The second kappa shape index (κ2) is 8.09. The highest BCUT2D eigenvalue weighted by atomic mass is 35.5. The van der Waals surface area contributed by atoms with Crippen molar-refractivity contribution < 1.29 is 4.74 Å². The summed E-state index contributed by atoms with van der Waals surface area (Å²) in [6.45, 7) is 3.00. The van der Waals surface area contributed by atoms with Gasteiger partial charge in [-0.15, -0.1) is 0 Å². The number of aromatic nitrogens is 2. The minimum Gasteiger partial charge on any atom is -0.375 e. The highest BCUT2D eigenvalue weighted by Crippen LogP contribution is 2.29. The lowest BCUT2D eigenvalue weighted by molar-refractivity contribution is 0.0797. The molecule has 124 valence electrons. The van der Waals surface area contributed by atoms with E-state index in [1.54, 1.807) is 12.4 Å². The topological polar surface area (TPSA) is 62.0 Å². The highest BCUT2D eigenvalue weighted by molar-refractivity contribution is 6.30. The summed E-state index contributed by atoms with van der Waals surface area (Å²) in [4.78, 5) is 10.5. The summed E-state index contributed by atoms with van der Waals surface area (Å²) in [7, 11) is 0. The minimum absolute atomic E-state index is 0.267. The quantitative estimate of drug-likeness (QED) is 0.779. The van der Waals surface area contributed by atoms with Gasteiger partial charge in [-0.25, -0.2) is 4.98 Å². The molecule has 0 spiro atoms. The molecular weight excluding hydrogens is 324 g/mol. The Bertz CT molecular complexity index is 717. The van der Waals surface area contributed by atoms with Crippen molar-refractivity contribution in [3.8, 4) is 6.07 Å². The summed E-state index contributed by atoms with van der Waals surface area (Å²) in [5.41, 5.74) is 2.26. The first-order chi connectivity index (χ1) is 11.8. The molecule has 5 nitrogen and oxygen atoms in total. The Morgan fingerprint density at radius 1 is 1.29 bits per heavy atom. The summed E-state index contributed by atoms with van der Waals surface area (Å²) in [6, 6.07) is 9.85. The maximum atomic E-state index is 9.33. The van der Waals surface area contributed by atoms with Crippen LogP contribution in [0.4, 0.5) is 5.69 Å². The smallest absolute Gasteiger partial charge is 0.148 e. The lowest BCUT2D eigenvalue weighted by atomic mass is 9.98. The number of pyridine rings is 2. The zero-order chi connectivity index (χ0) is 16.8. The Labute approximate surface area is 146 Å². The molecule has 0 bridgehead atoms. The van der Waals surface area contributed by atoms with Crippen molar-refractivity contribution in [3.05, 3.63) is 53.1 Å². The molecule has 0 aliphatic carbocycles. The Morgan fingerprint density at radius 2 is 2.21 bits per heavy atom. The number of piperidine rings is 1. The molecule has 2 aromatic heterocycles. The normalized spacial score (nSPS) is 17.5. The van der Waals surface area contributed by atoms with Gasteiger partial charge in [0.1, 0.15) is 16.8 Å². The standard InChI is InChI=1S/C18H19ClN4O/c19-18-16(10-20)17(6-8-22-18)23-9-3-4-14(11-23)12-24-13-15-5-1-2-7-21-15/h1-2,5-8,14H,3-4,9,11-13H2/t14-/m0/s1. The molecule has 1 aliphatic rings. The lowest BCUT2D eigenvalue weighted by Crippen LogP contribution is -2.37. The fourth-order valence-electron chi connectivity index (χ4n) is 3.03. The molecule has 6 heteroatoms. The van der Waals surface area contributed by atoms with Crippen LogP contribution in [0.3, 0.4) is 0 Å². The van der Waals surface area contributed by atoms with Gasteiger partial charge in [0.2, 0.25) is 0 Å². The van der Waals surface area contributed by atoms with Gasteiger partial charge >= 0.3 is 0 Å². The molecule has 0 aromatic carbocycles. The summed E-state index contributed by atoms with van der Waals surface area (Å²) in [5, 5.41) is 9.60. The third-order valence-corrected chi connectivity index (χ3v) is 4.47. The third-order valence-electron chi connectivity index (χ3n) is 4.18. The van der Waals surface area contributed by atoms with Crippen molar-refractivity contribution in [2.45, 2.75) is 19.4 Å². The van der Waals surface area contributed by atoms with Crippen molar-refractivity contribution in [2.24, 2.45) is 5.92 Å². The van der Waals surface area contributed by atoms with Gasteiger partial charge in [0.15, 0.2) is 0 Å². The average Bonchev–Trinajstić information content (AvgIpc) is 2.63. The molecule has 1 atom stereocenters.